The molecule has 7 nitrogen and oxygen atoms in total. The number of hydrogen-bond acceptors (Lipinski definition) is 6. The SMILES string of the molecule is COCCCNc1cc(N(C)CC(=O)O)nc(C)n1. The highest BCUT2D eigenvalue weighted by Gasteiger charge is 2.09. The summed E-state index contributed by atoms with van der Waals surface area (Å²) in [5.41, 5.74) is 0. The molecule has 0 aliphatic carbocycles. The van der Waals surface area contributed by atoms with Crippen LogP contribution in [0.4, 0.5) is 11.6 Å². The number of ether oxygens (including phenoxy) is 1. The van der Waals surface area contributed by atoms with E-state index >= 15 is 0 Å². The van der Waals surface area contributed by atoms with Crippen molar-refractivity contribution in [1.29, 1.82) is 0 Å². The highest BCUT2D eigenvalue weighted by Crippen LogP contribution is 2.14. The molecule has 19 heavy (non-hydrogen) atoms. The Bertz CT molecular complexity index is 425. The first-order valence-electron chi connectivity index (χ1n) is 6.04. The number of methoxy groups -OCH3 is 1. The highest BCUT2D eigenvalue weighted by molar-refractivity contribution is 5.73. The van der Waals surface area contributed by atoms with Crippen molar-refractivity contribution >= 4 is 17.6 Å². The van der Waals surface area contributed by atoms with Gasteiger partial charge in [0, 0.05) is 33.4 Å². The van der Waals surface area contributed by atoms with Crippen molar-refractivity contribution in [2.75, 3.05) is 44.1 Å². The molecule has 0 spiro atoms. The van der Waals surface area contributed by atoms with Crippen LogP contribution < -0.4 is 10.2 Å². The van der Waals surface area contributed by atoms with E-state index in [4.69, 9.17) is 9.84 Å². The van der Waals surface area contributed by atoms with Crippen LogP contribution in [0.2, 0.25) is 0 Å². The van der Waals surface area contributed by atoms with Crippen molar-refractivity contribution in [3.63, 3.8) is 0 Å². The third-order valence-electron chi connectivity index (χ3n) is 2.42. The predicted molar refractivity (Wildman–Crippen MR) is 72.7 cm³/mol. The average molecular weight is 268 g/mol. The normalized spacial score (nSPS) is 10.3. The molecule has 0 amide bonds. The van der Waals surface area contributed by atoms with Gasteiger partial charge in [-0.05, 0) is 13.3 Å². The lowest BCUT2D eigenvalue weighted by atomic mass is 10.4. The number of aliphatic carboxylic acids is 1. The second-order valence-electron chi connectivity index (χ2n) is 4.18. The summed E-state index contributed by atoms with van der Waals surface area (Å²) in [6.45, 7) is 3.10. The van der Waals surface area contributed by atoms with E-state index in [0.29, 0.717) is 24.1 Å². The molecule has 106 valence electrons. The van der Waals surface area contributed by atoms with Crippen molar-refractivity contribution in [3.8, 4) is 0 Å². The summed E-state index contributed by atoms with van der Waals surface area (Å²) in [5.74, 6) is 0.984. The molecule has 1 aromatic heterocycles. The second-order valence-corrected chi connectivity index (χ2v) is 4.18. The number of rotatable bonds is 8. The number of anilines is 2. The van der Waals surface area contributed by atoms with Gasteiger partial charge in [0.25, 0.3) is 0 Å². The summed E-state index contributed by atoms with van der Waals surface area (Å²) in [5, 5.41) is 11.9. The maximum absolute atomic E-state index is 10.7. The molecule has 0 saturated carbocycles. The van der Waals surface area contributed by atoms with Crippen molar-refractivity contribution in [3.05, 3.63) is 11.9 Å². The molecule has 1 rings (SSSR count). The number of aromatic nitrogens is 2. The van der Waals surface area contributed by atoms with E-state index in [2.05, 4.69) is 15.3 Å². The Morgan fingerprint density at radius 2 is 2.26 bits per heavy atom. The van der Waals surface area contributed by atoms with Gasteiger partial charge in [-0.1, -0.05) is 0 Å². The zero-order chi connectivity index (χ0) is 14.3. The third-order valence-corrected chi connectivity index (χ3v) is 2.42. The molecule has 1 heterocycles. The van der Waals surface area contributed by atoms with E-state index in [9.17, 15) is 4.79 Å². The average Bonchev–Trinajstić information content (AvgIpc) is 2.33. The molecule has 7 heteroatoms. The van der Waals surface area contributed by atoms with E-state index in [-0.39, 0.29) is 6.54 Å². The van der Waals surface area contributed by atoms with Crippen LogP contribution in [0.3, 0.4) is 0 Å². The summed E-state index contributed by atoms with van der Waals surface area (Å²) in [6, 6.07) is 1.74. The Balaban J connectivity index is 2.67. The van der Waals surface area contributed by atoms with Crippen LogP contribution >= 0.6 is 0 Å². The highest BCUT2D eigenvalue weighted by atomic mass is 16.5. The number of carboxylic acid groups (broad SMARTS) is 1. The Morgan fingerprint density at radius 1 is 1.53 bits per heavy atom. The van der Waals surface area contributed by atoms with Crippen LogP contribution in [0.25, 0.3) is 0 Å². The Kier molecular flexibility index (Phi) is 6.01. The monoisotopic (exact) mass is 268 g/mol. The molecule has 0 radical (unpaired) electrons. The van der Waals surface area contributed by atoms with Crippen molar-refractivity contribution in [2.45, 2.75) is 13.3 Å². The van der Waals surface area contributed by atoms with Gasteiger partial charge in [-0.15, -0.1) is 0 Å². The summed E-state index contributed by atoms with van der Waals surface area (Å²) in [6.07, 6.45) is 0.875. The van der Waals surface area contributed by atoms with Gasteiger partial charge in [-0.2, -0.15) is 0 Å². The molecule has 0 aromatic carbocycles. The predicted octanol–water partition coefficient (Wildman–Crippen LogP) is 0.754. The fourth-order valence-electron chi connectivity index (χ4n) is 1.55. The number of aryl methyl sites for hydroxylation is 1. The topological polar surface area (TPSA) is 87.6 Å². The third kappa shape index (κ3) is 5.52. The van der Waals surface area contributed by atoms with Crippen LogP contribution in [0.1, 0.15) is 12.2 Å². The smallest absolute Gasteiger partial charge is 0.323 e. The molecule has 0 fully saturated rings. The molecule has 0 aliphatic rings. The fraction of sp³-hybridized carbons (Fsp3) is 0.583. The van der Waals surface area contributed by atoms with Gasteiger partial charge in [-0.3, -0.25) is 4.79 Å². The number of nitrogens with zero attached hydrogens (tertiary/aromatic N) is 3. The van der Waals surface area contributed by atoms with Gasteiger partial charge in [0.2, 0.25) is 0 Å². The number of carboxylic acids is 1. The first-order chi connectivity index (χ1) is 9.02. The summed E-state index contributed by atoms with van der Waals surface area (Å²) < 4.78 is 4.96. The fourth-order valence-corrected chi connectivity index (χ4v) is 1.55. The van der Waals surface area contributed by atoms with E-state index in [0.717, 1.165) is 13.0 Å². The van der Waals surface area contributed by atoms with Gasteiger partial charge >= 0.3 is 5.97 Å². The minimum atomic E-state index is -0.895. The molecule has 0 aliphatic heterocycles. The van der Waals surface area contributed by atoms with Gasteiger partial charge < -0.3 is 20.1 Å². The molecule has 0 bridgehead atoms. The zero-order valence-electron chi connectivity index (χ0n) is 11.5. The molecule has 1 aromatic rings. The molecular weight excluding hydrogens is 248 g/mol. The Labute approximate surface area is 112 Å². The van der Waals surface area contributed by atoms with Gasteiger partial charge in [0.15, 0.2) is 0 Å². The maximum atomic E-state index is 10.7. The van der Waals surface area contributed by atoms with Crippen molar-refractivity contribution < 1.29 is 14.6 Å². The summed E-state index contributed by atoms with van der Waals surface area (Å²) in [4.78, 5) is 20.7. The molecule has 2 N–H and O–H groups in total. The largest absolute Gasteiger partial charge is 0.480 e. The number of hydrogen-bond donors (Lipinski definition) is 2. The summed E-state index contributed by atoms with van der Waals surface area (Å²) >= 11 is 0. The van der Waals surface area contributed by atoms with Crippen LogP contribution in [-0.4, -0.2) is 54.9 Å². The standard InChI is InChI=1S/C12H20N4O3/c1-9-14-10(13-5-4-6-19-3)7-11(15-9)16(2)8-12(17)18/h7H,4-6,8H2,1-3H3,(H,17,18)(H,13,14,15). The van der Waals surface area contributed by atoms with Crippen LogP contribution in [0.5, 0.6) is 0 Å². The van der Waals surface area contributed by atoms with E-state index in [1.807, 2.05) is 0 Å². The van der Waals surface area contributed by atoms with Gasteiger partial charge in [0.05, 0.1) is 0 Å². The maximum Gasteiger partial charge on any atom is 0.323 e. The number of likely N-dealkylation sites (N-methyl/N-ethyl adjacent to an activating group) is 1. The molecule has 0 saturated heterocycles. The molecule has 0 unspecified atom stereocenters. The second kappa shape index (κ2) is 7.52. The van der Waals surface area contributed by atoms with Crippen LogP contribution in [-0.2, 0) is 9.53 Å². The zero-order valence-corrected chi connectivity index (χ0v) is 11.5. The van der Waals surface area contributed by atoms with E-state index in [1.54, 1.807) is 32.0 Å². The number of nitrogens with one attached hydrogen (secondary N) is 1. The van der Waals surface area contributed by atoms with Crippen molar-refractivity contribution in [1.82, 2.24) is 9.97 Å². The summed E-state index contributed by atoms with van der Waals surface area (Å²) in [7, 11) is 3.35. The Hall–Kier alpha value is -1.89. The van der Waals surface area contributed by atoms with Crippen molar-refractivity contribution in [2.24, 2.45) is 0 Å². The van der Waals surface area contributed by atoms with Crippen LogP contribution in [0.15, 0.2) is 6.07 Å². The van der Waals surface area contributed by atoms with E-state index in [1.165, 1.54) is 0 Å². The quantitative estimate of drug-likeness (QED) is 0.673. The lowest BCUT2D eigenvalue weighted by Crippen LogP contribution is -2.26. The molecule has 0 atom stereocenters. The van der Waals surface area contributed by atoms with Gasteiger partial charge in [0.1, 0.15) is 24.0 Å². The lowest BCUT2D eigenvalue weighted by Gasteiger charge is -2.17. The number of carbonyl (C=O) groups is 1. The Morgan fingerprint density at radius 3 is 2.89 bits per heavy atom. The minimum absolute atomic E-state index is 0.0977. The van der Waals surface area contributed by atoms with Gasteiger partial charge in [-0.25, -0.2) is 9.97 Å². The first-order valence-corrected chi connectivity index (χ1v) is 6.04. The minimum Gasteiger partial charge on any atom is -0.480 e. The van der Waals surface area contributed by atoms with E-state index < -0.39 is 5.97 Å². The first kappa shape index (κ1) is 15.2. The lowest BCUT2D eigenvalue weighted by molar-refractivity contribution is -0.135. The van der Waals surface area contributed by atoms with Crippen LogP contribution in [0, 0.1) is 6.92 Å². The molecular formula is C12H20N4O3.